The van der Waals surface area contributed by atoms with Crippen LogP contribution in [0.2, 0.25) is 0 Å². The molecule has 6 nitrogen and oxygen atoms in total. The Morgan fingerprint density at radius 1 is 1.12 bits per heavy atom. The summed E-state index contributed by atoms with van der Waals surface area (Å²) in [6.45, 7) is 6.19. The van der Waals surface area contributed by atoms with Gasteiger partial charge in [0.2, 0.25) is 0 Å². The molecule has 0 saturated carbocycles. The predicted octanol–water partition coefficient (Wildman–Crippen LogP) is 3.35. The second-order valence-corrected chi connectivity index (χ2v) is 7.82. The Morgan fingerprint density at radius 3 is 2.76 bits per heavy atom. The molecule has 0 spiro atoms. The fraction of sp³-hybridized carbons (Fsp3) is 0.389. The van der Waals surface area contributed by atoms with Gasteiger partial charge in [-0.2, -0.15) is 5.10 Å². The molecule has 0 aliphatic carbocycles. The van der Waals surface area contributed by atoms with Gasteiger partial charge in [-0.3, -0.25) is 4.68 Å². The number of aromatic nitrogens is 5. The Bertz CT molecular complexity index is 1030. The summed E-state index contributed by atoms with van der Waals surface area (Å²) < 4.78 is 4.23. The van der Waals surface area contributed by atoms with Gasteiger partial charge in [0, 0.05) is 24.0 Å². The van der Waals surface area contributed by atoms with Gasteiger partial charge < -0.3 is 9.72 Å². The number of thiophene rings is 1. The van der Waals surface area contributed by atoms with Gasteiger partial charge >= 0.3 is 0 Å². The number of hydrogen-bond donors (Lipinski definition) is 1. The number of piperidine rings is 1. The van der Waals surface area contributed by atoms with Crippen LogP contribution in [0.1, 0.15) is 30.3 Å². The molecule has 0 aromatic carbocycles. The minimum atomic E-state index is 0.523. The third-order valence-corrected chi connectivity index (χ3v) is 5.94. The third-order valence-electron chi connectivity index (χ3n) is 4.88. The summed E-state index contributed by atoms with van der Waals surface area (Å²) in [7, 11) is 0. The van der Waals surface area contributed by atoms with Crippen molar-refractivity contribution in [3.8, 4) is 10.6 Å². The summed E-state index contributed by atoms with van der Waals surface area (Å²) in [5.41, 5.74) is 3.88. The average molecular weight is 352 g/mol. The zero-order valence-corrected chi connectivity index (χ0v) is 15.2. The Balaban J connectivity index is 1.53. The van der Waals surface area contributed by atoms with Crippen LogP contribution in [0.5, 0.6) is 0 Å². The first-order valence-electron chi connectivity index (χ1n) is 8.70. The highest BCUT2D eigenvalue weighted by Gasteiger charge is 2.18. The third kappa shape index (κ3) is 2.54. The van der Waals surface area contributed by atoms with Gasteiger partial charge in [0.1, 0.15) is 4.83 Å². The summed E-state index contributed by atoms with van der Waals surface area (Å²) in [5, 5.41) is 9.45. The van der Waals surface area contributed by atoms with E-state index >= 15 is 0 Å². The number of fused-ring (bicyclic) bond motifs is 2. The SMILES string of the molecule is Cc1cn2cc(-c3cc4cn(C5CCNCC5)nc4s3)nc(C)c2n1. The number of rotatable bonds is 2. The lowest BCUT2D eigenvalue weighted by molar-refractivity contribution is 0.345. The van der Waals surface area contributed by atoms with E-state index in [1.807, 2.05) is 20.0 Å². The molecule has 0 atom stereocenters. The molecule has 0 amide bonds. The van der Waals surface area contributed by atoms with Gasteiger partial charge in [-0.25, -0.2) is 9.97 Å². The first-order valence-corrected chi connectivity index (χ1v) is 9.52. The van der Waals surface area contributed by atoms with Gasteiger partial charge in [0.05, 0.1) is 28.0 Å². The number of nitrogens with one attached hydrogen (secondary N) is 1. The Morgan fingerprint density at radius 2 is 1.96 bits per heavy atom. The summed E-state index contributed by atoms with van der Waals surface area (Å²) >= 11 is 1.72. The molecule has 25 heavy (non-hydrogen) atoms. The smallest absolute Gasteiger partial charge is 0.158 e. The average Bonchev–Trinajstić information content (AvgIpc) is 3.27. The highest BCUT2D eigenvalue weighted by Crippen LogP contribution is 2.33. The quantitative estimate of drug-likeness (QED) is 0.601. The van der Waals surface area contributed by atoms with Crippen LogP contribution in [0.3, 0.4) is 0 Å². The fourth-order valence-electron chi connectivity index (χ4n) is 3.62. The zero-order valence-electron chi connectivity index (χ0n) is 14.4. The summed E-state index contributed by atoms with van der Waals surface area (Å²) in [5.74, 6) is 0. The number of aryl methyl sites for hydroxylation is 2. The minimum Gasteiger partial charge on any atom is -0.317 e. The first kappa shape index (κ1) is 15.0. The van der Waals surface area contributed by atoms with Crippen LogP contribution in [0, 0.1) is 13.8 Å². The van der Waals surface area contributed by atoms with E-state index in [2.05, 4.69) is 37.8 Å². The second kappa shape index (κ2) is 5.64. The highest BCUT2D eigenvalue weighted by atomic mass is 32.1. The second-order valence-electron chi connectivity index (χ2n) is 6.79. The van der Waals surface area contributed by atoms with Crippen molar-refractivity contribution in [1.29, 1.82) is 0 Å². The Labute approximate surface area is 149 Å². The zero-order chi connectivity index (χ0) is 17.0. The molecule has 5 heterocycles. The van der Waals surface area contributed by atoms with E-state index in [-0.39, 0.29) is 0 Å². The standard InChI is InChI=1S/C18H20N6S/c1-11-8-23-10-15(21-12(2)17(23)20-11)16-7-13-9-24(22-18(13)25-16)14-3-5-19-6-4-14/h7-10,14,19H,3-6H2,1-2H3. The molecule has 4 aromatic heterocycles. The van der Waals surface area contributed by atoms with Crippen LogP contribution in [0.4, 0.5) is 0 Å². The minimum absolute atomic E-state index is 0.523. The van der Waals surface area contributed by atoms with E-state index in [4.69, 9.17) is 10.1 Å². The van der Waals surface area contributed by atoms with Crippen molar-refractivity contribution < 1.29 is 0 Å². The molecule has 1 saturated heterocycles. The van der Waals surface area contributed by atoms with Crippen molar-refractivity contribution >= 4 is 27.2 Å². The van der Waals surface area contributed by atoms with E-state index in [1.54, 1.807) is 11.3 Å². The molecule has 5 rings (SSSR count). The van der Waals surface area contributed by atoms with Crippen LogP contribution in [-0.2, 0) is 0 Å². The summed E-state index contributed by atoms with van der Waals surface area (Å²) in [4.78, 5) is 11.5. The van der Waals surface area contributed by atoms with Crippen molar-refractivity contribution in [1.82, 2.24) is 29.5 Å². The molecule has 128 valence electrons. The maximum absolute atomic E-state index is 4.83. The molecule has 0 bridgehead atoms. The van der Waals surface area contributed by atoms with Gasteiger partial charge in [-0.15, -0.1) is 11.3 Å². The van der Waals surface area contributed by atoms with E-state index < -0.39 is 0 Å². The molecule has 1 aliphatic rings. The Hall–Kier alpha value is -2.25. The number of hydrogen-bond acceptors (Lipinski definition) is 5. The van der Waals surface area contributed by atoms with E-state index in [0.717, 1.165) is 58.4 Å². The van der Waals surface area contributed by atoms with Crippen LogP contribution in [-0.4, -0.2) is 37.2 Å². The molecule has 7 heteroatoms. The lowest BCUT2D eigenvalue weighted by Crippen LogP contribution is -2.29. The molecule has 4 aromatic rings. The van der Waals surface area contributed by atoms with Gasteiger partial charge in [-0.1, -0.05) is 0 Å². The van der Waals surface area contributed by atoms with Crippen molar-refractivity contribution in [3.63, 3.8) is 0 Å². The lowest BCUT2D eigenvalue weighted by Gasteiger charge is -2.22. The highest BCUT2D eigenvalue weighted by molar-refractivity contribution is 7.21. The summed E-state index contributed by atoms with van der Waals surface area (Å²) in [6.07, 6.45) is 8.61. The van der Waals surface area contributed by atoms with Crippen molar-refractivity contribution in [2.24, 2.45) is 0 Å². The molecule has 0 radical (unpaired) electrons. The van der Waals surface area contributed by atoms with E-state index in [9.17, 15) is 0 Å². The number of imidazole rings is 1. The fourth-order valence-corrected chi connectivity index (χ4v) is 4.58. The van der Waals surface area contributed by atoms with Crippen LogP contribution >= 0.6 is 11.3 Å². The van der Waals surface area contributed by atoms with Crippen molar-refractivity contribution in [3.05, 3.63) is 36.0 Å². The molecule has 1 N–H and O–H groups in total. The van der Waals surface area contributed by atoms with Crippen LogP contribution < -0.4 is 5.32 Å². The monoisotopic (exact) mass is 352 g/mol. The Kier molecular flexibility index (Phi) is 3.39. The number of nitrogens with zero attached hydrogens (tertiary/aromatic N) is 5. The molecular formula is C18H20N6S. The van der Waals surface area contributed by atoms with Crippen molar-refractivity contribution in [2.45, 2.75) is 32.7 Å². The summed E-state index contributed by atoms with van der Waals surface area (Å²) in [6, 6.07) is 2.73. The lowest BCUT2D eigenvalue weighted by atomic mass is 10.1. The normalized spacial score (nSPS) is 16.2. The molecular weight excluding hydrogens is 332 g/mol. The van der Waals surface area contributed by atoms with Crippen molar-refractivity contribution in [2.75, 3.05) is 13.1 Å². The predicted molar refractivity (Wildman–Crippen MR) is 100 cm³/mol. The molecule has 1 fully saturated rings. The van der Waals surface area contributed by atoms with Gasteiger partial charge in [0.15, 0.2) is 5.65 Å². The van der Waals surface area contributed by atoms with Gasteiger partial charge in [0.25, 0.3) is 0 Å². The topological polar surface area (TPSA) is 60.0 Å². The van der Waals surface area contributed by atoms with E-state index in [1.165, 1.54) is 5.39 Å². The maximum Gasteiger partial charge on any atom is 0.158 e. The van der Waals surface area contributed by atoms with Gasteiger partial charge in [-0.05, 0) is 45.8 Å². The van der Waals surface area contributed by atoms with Crippen LogP contribution in [0.15, 0.2) is 24.7 Å². The maximum atomic E-state index is 4.83. The molecule has 0 unspecified atom stereocenters. The molecule has 1 aliphatic heterocycles. The first-order chi connectivity index (χ1) is 12.2. The van der Waals surface area contributed by atoms with Crippen LogP contribution in [0.25, 0.3) is 26.4 Å². The van der Waals surface area contributed by atoms with E-state index in [0.29, 0.717) is 6.04 Å². The largest absolute Gasteiger partial charge is 0.317 e.